The maximum atomic E-state index is 11.3. The minimum absolute atomic E-state index is 0.0782. The van der Waals surface area contributed by atoms with E-state index in [1.165, 1.54) is 12.1 Å². The van der Waals surface area contributed by atoms with E-state index in [-0.39, 0.29) is 4.90 Å². The highest BCUT2D eigenvalue weighted by Crippen LogP contribution is 2.26. The van der Waals surface area contributed by atoms with Gasteiger partial charge in [-0.05, 0) is 36.4 Å². The van der Waals surface area contributed by atoms with Crippen LogP contribution < -0.4 is 5.14 Å². The quantitative estimate of drug-likeness (QED) is 0.585. The molecule has 2 aromatic heterocycles. The summed E-state index contributed by atoms with van der Waals surface area (Å²) in [6.07, 6.45) is 3.58. The molecule has 22 heavy (non-hydrogen) atoms. The summed E-state index contributed by atoms with van der Waals surface area (Å²) in [5.41, 5.74) is 2.53. The smallest absolute Gasteiger partial charge is 0.238 e. The van der Waals surface area contributed by atoms with Gasteiger partial charge in [0.05, 0.1) is 27.8 Å². The summed E-state index contributed by atoms with van der Waals surface area (Å²) in [5.74, 6) is 0. The zero-order chi connectivity index (χ0) is 15.3. The van der Waals surface area contributed by atoms with Crippen LogP contribution in [0.5, 0.6) is 0 Å². The minimum Gasteiger partial charge on any atom is -0.300 e. The molecule has 0 unspecified atom stereocenters. The maximum Gasteiger partial charge on any atom is 0.238 e. The number of hydrogen-bond donors (Lipinski definition) is 2. The lowest BCUT2D eigenvalue weighted by atomic mass is 10.2. The van der Waals surface area contributed by atoms with Crippen LogP contribution in [-0.4, -0.2) is 28.4 Å². The van der Waals surface area contributed by atoms with E-state index in [9.17, 15) is 8.42 Å². The largest absolute Gasteiger partial charge is 0.300 e. The molecule has 0 amide bonds. The van der Waals surface area contributed by atoms with E-state index < -0.39 is 10.0 Å². The first-order valence-electron chi connectivity index (χ1n) is 6.47. The highest BCUT2D eigenvalue weighted by atomic mass is 32.2. The zero-order valence-electron chi connectivity index (χ0n) is 11.3. The molecule has 110 valence electrons. The summed E-state index contributed by atoms with van der Waals surface area (Å²) in [4.78, 5) is 0.0782. The number of aromatic amines is 1. The molecule has 0 aliphatic carbocycles. The Hall–Kier alpha value is -2.71. The number of sulfonamides is 1. The summed E-state index contributed by atoms with van der Waals surface area (Å²) in [5, 5.41) is 18.2. The highest BCUT2D eigenvalue weighted by molar-refractivity contribution is 7.89. The molecule has 0 bridgehead atoms. The number of H-pyrrole nitrogens is 1. The Balaban J connectivity index is 1.96. The summed E-state index contributed by atoms with van der Waals surface area (Å²) < 4.78 is 24.5. The average Bonchev–Trinajstić information content (AvgIpc) is 3.12. The molecule has 8 heteroatoms. The van der Waals surface area contributed by atoms with E-state index in [1.54, 1.807) is 18.3 Å². The Bertz CT molecular complexity index is 1090. The topological polar surface area (TPSA) is 107 Å². The predicted molar refractivity (Wildman–Crippen MR) is 82.1 cm³/mol. The zero-order valence-corrected chi connectivity index (χ0v) is 12.1. The molecule has 7 nitrogen and oxygen atoms in total. The van der Waals surface area contributed by atoms with Gasteiger partial charge in [-0.3, -0.25) is 4.68 Å². The Morgan fingerprint density at radius 3 is 2.59 bits per heavy atom. The molecule has 0 radical (unpaired) electrons. The van der Waals surface area contributed by atoms with Gasteiger partial charge in [0.2, 0.25) is 10.0 Å². The van der Waals surface area contributed by atoms with Crippen LogP contribution in [0.4, 0.5) is 0 Å². The number of benzene rings is 2. The maximum absolute atomic E-state index is 11.3. The SMILES string of the molecule is NS(=O)(=O)c1ccc(-n2[nH]cc3ccc4nncc4c32)cc1. The molecule has 0 aliphatic rings. The van der Waals surface area contributed by atoms with E-state index in [1.807, 2.05) is 23.0 Å². The van der Waals surface area contributed by atoms with Crippen LogP contribution in [-0.2, 0) is 10.0 Å². The third kappa shape index (κ3) is 1.89. The highest BCUT2D eigenvalue weighted by Gasteiger charge is 2.11. The van der Waals surface area contributed by atoms with E-state index in [4.69, 9.17) is 5.14 Å². The van der Waals surface area contributed by atoms with Gasteiger partial charge in [-0.15, -0.1) is 0 Å². The van der Waals surface area contributed by atoms with E-state index in [2.05, 4.69) is 15.3 Å². The van der Waals surface area contributed by atoms with Gasteiger partial charge in [-0.2, -0.15) is 10.2 Å². The van der Waals surface area contributed by atoms with Crippen molar-refractivity contribution in [2.45, 2.75) is 4.90 Å². The number of hydrogen-bond acceptors (Lipinski definition) is 4. The summed E-state index contributed by atoms with van der Waals surface area (Å²) in [6.45, 7) is 0. The Morgan fingerprint density at radius 1 is 1.09 bits per heavy atom. The summed E-state index contributed by atoms with van der Waals surface area (Å²) >= 11 is 0. The second-order valence-electron chi connectivity index (χ2n) is 4.93. The van der Waals surface area contributed by atoms with Crippen LogP contribution in [0.15, 0.2) is 53.7 Å². The van der Waals surface area contributed by atoms with Crippen LogP contribution >= 0.6 is 0 Å². The number of nitrogens with two attached hydrogens (primary N) is 1. The van der Waals surface area contributed by atoms with Crippen LogP contribution in [0.2, 0.25) is 0 Å². The molecule has 0 spiro atoms. The van der Waals surface area contributed by atoms with Crippen LogP contribution in [0.3, 0.4) is 0 Å². The summed E-state index contributed by atoms with van der Waals surface area (Å²) in [6, 6.07) is 10.2. The van der Waals surface area contributed by atoms with Crippen molar-refractivity contribution in [2.24, 2.45) is 5.14 Å². The van der Waals surface area contributed by atoms with Gasteiger partial charge in [0.1, 0.15) is 0 Å². The van der Waals surface area contributed by atoms with Crippen molar-refractivity contribution in [1.29, 1.82) is 0 Å². The predicted octanol–water partition coefficient (Wildman–Crippen LogP) is 1.55. The van der Waals surface area contributed by atoms with Crippen LogP contribution in [0, 0.1) is 0 Å². The molecule has 0 aliphatic heterocycles. The molecular weight excluding hydrogens is 302 g/mol. The first-order chi connectivity index (χ1) is 10.5. The molecule has 0 saturated heterocycles. The van der Waals surface area contributed by atoms with Crippen LogP contribution in [0.25, 0.3) is 27.5 Å². The molecule has 3 N–H and O–H groups in total. The third-order valence-electron chi connectivity index (χ3n) is 3.57. The number of primary sulfonamides is 1. The van der Waals surface area contributed by atoms with Gasteiger partial charge in [0.15, 0.2) is 0 Å². The van der Waals surface area contributed by atoms with Crippen molar-refractivity contribution < 1.29 is 8.42 Å². The first-order valence-corrected chi connectivity index (χ1v) is 8.02. The van der Waals surface area contributed by atoms with Crippen molar-refractivity contribution in [1.82, 2.24) is 20.0 Å². The number of nitrogens with zero attached hydrogens (tertiary/aromatic N) is 3. The number of nitrogens with one attached hydrogen (secondary N) is 1. The van der Waals surface area contributed by atoms with Crippen molar-refractivity contribution in [3.05, 3.63) is 48.8 Å². The monoisotopic (exact) mass is 313 g/mol. The van der Waals surface area contributed by atoms with Crippen molar-refractivity contribution >= 4 is 31.8 Å². The average molecular weight is 313 g/mol. The molecule has 4 rings (SSSR count). The van der Waals surface area contributed by atoms with Crippen molar-refractivity contribution in [3.8, 4) is 5.69 Å². The Kier molecular flexibility index (Phi) is 2.59. The first kappa shape index (κ1) is 13.0. The van der Waals surface area contributed by atoms with Gasteiger partial charge >= 0.3 is 0 Å². The molecule has 2 heterocycles. The third-order valence-corrected chi connectivity index (χ3v) is 4.50. The molecule has 2 aromatic carbocycles. The standard InChI is InChI=1S/C14H11N5O2S/c15-22(20,21)11-4-2-10(3-5-11)19-14-9(7-17-19)1-6-13-12(14)8-16-18-13/h1-8,17H,(H2,15,20,21). The Morgan fingerprint density at radius 2 is 1.86 bits per heavy atom. The fraction of sp³-hybridized carbons (Fsp3) is 0. The number of aromatic nitrogens is 4. The van der Waals surface area contributed by atoms with Crippen molar-refractivity contribution in [3.63, 3.8) is 0 Å². The Labute approximate surface area is 125 Å². The fourth-order valence-corrected chi connectivity index (χ4v) is 3.05. The van der Waals surface area contributed by atoms with Gasteiger partial charge in [0.25, 0.3) is 0 Å². The summed E-state index contributed by atoms with van der Waals surface area (Å²) in [7, 11) is -3.70. The molecular formula is C14H11N5O2S. The lowest BCUT2D eigenvalue weighted by Gasteiger charge is -2.06. The number of fused-ring (bicyclic) bond motifs is 3. The van der Waals surface area contributed by atoms with Gasteiger partial charge in [-0.1, -0.05) is 0 Å². The fourth-order valence-electron chi connectivity index (χ4n) is 2.53. The molecule has 0 fully saturated rings. The van der Waals surface area contributed by atoms with Crippen molar-refractivity contribution in [2.75, 3.05) is 0 Å². The molecule has 0 atom stereocenters. The second-order valence-corrected chi connectivity index (χ2v) is 6.49. The van der Waals surface area contributed by atoms with Gasteiger partial charge in [0, 0.05) is 17.0 Å². The van der Waals surface area contributed by atoms with Crippen LogP contribution in [0.1, 0.15) is 0 Å². The lowest BCUT2D eigenvalue weighted by molar-refractivity contribution is 0.598. The molecule has 4 aromatic rings. The number of rotatable bonds is 2. The minimum atomic E-state index is -3.70. The normalized spacial score (nSPS) is 12.2. The van der Waals surface area contributed by atoms with Gasteiger partial charge < -0.3 is 5.10 Å². The second kappa shape index (κ2) is 4.39. The van der Waals surface area contributed by atoms with E-state index in [0.717, 1.165) is 27.5 Å². The van der Waals surface area contributed by atoms with E-state index >= 15 is 0 Å². The molecule has 0 saturated carbocycles. The van der Waals surface area contributed by atoms with Gasteiger partial charge in [-0.25, -0.2) is 13.6 Å². The van der Waals surface area contributed by atoms with E-state index in [0.29, 0.717) is 0 Å². The lowest BCUT2D eigenvalue weighted by Crippen LogP contribution is -2.12.